The van der Waals surface area contributed by atoms with Gasteiger partial charge in [0.25, 0.3) is 0 Å². The molecule has 0 radical (unpaired) electrons. The molecule has 12 aromatic rings. The van der Waals surface area contributed by atoms with Crippen LogP contribution in [0.4, 0.5) is 17.1 Å². The molecule has 3 heteroatoms. The molecule has 2 aromatic heterocycles. The van der Waals surface area contributed by atoms with Crippen LogP contribution in [0.3, 0.4) is 0 Å². The van der Waals surface area contributed by atoms with Crippen LogP contribution in [0.5, 0.6) is 0 Å². The zero-order valence-corrected chi connectivity index (χ0v) is 36.4. The lowest BCUT2D eigenvalue weighted by Crippen LogP contribution is -2.28. The maximum Gasteiger partial charge on any atom is 0.0713 e. The molecule has 0 aliphatic heterocycles. The molecule has 1 aliphatic carbocycles. The highest BCUT2D eigenvalue weighted by Gasteiger charge is 2.45. The summed E-state index contributed by atoms with van der Waals surface area (Å²) in [4.78, 5) is 2.43. The van der Waals surface area contributed by atoms with E-state index in [9.17, 15) is 0 Å². The molecular weight excluding hydrogens is 811 g/mol. The lowest BCUT2D eigenvalue weighted by molar-refractivity contribution is 0.768. The van der Waals surface area contributed by atoms with Gasteiger partial charge in [-0.1, -0.05) is 164 Å². The van der Waals surface area contributed by atoms with Crippen molar-refractivity contribution in [2.45, 2.75) is 5.41 Å². The molecule has 2 heterocycles. The van der Waals surface area contributed by atoms with E-state index in [0.29, 0.717) is 0 Å². The summed E-state index contributed by atoms with van der Waals surface area (Å²) in [5.74, 6) is 0. The summed E-state index contributed by atoms with van der Waals surface area (Å²) in [7, 11) is 0. The number of thiophene rings is 2. The first-order valence-electron chi connectivity index (χ1n) is 21.9. The van der Waals surface area contributed by atoms with E-state index >= 15 is 0 Å². The predicted octanol–water partition coefficient (Wildman–Crippen LogP) is 17.6. The van der Waals surface area contributed by atoms with Gasteiger partial charge in [-0.3, -0.25) is 0 Å². The summed E-state index contributed by atoms with van der Waals surface area (Å²) in [5, 5.41) is 5.24. The highest BCUT2D eigenvalue weighted by molar-refractivity contribution is 7.26. The van der Waals surface area contributed by atoms with Crippen LogP contribution in [0.1, 0.15) is 22.3 Å². The Labute approximate surface area is 380 Å². The van der Waals surface area contributed by atoms with E-state index in [-0.39, 0.29) is 0 Å². The minimum Gasteiger partial charge on any atom is -0.310 e. The van der Waals surface area contributed by atoms with Crippen molar-refractivity contribution in [2.24, 2.45) is 0 Å². The third-order valence-corrected chi connectivity index (χ3v) is 15.7. The summed E-state index contributed by atoms with van der Waals surface area (Å²) < 4.78 is 5.27. The van der Waals surface area contributed by atoms with Crippen LogP contribution < -0.4 is 4.90 Å². The summed E-state index contributed by atoms with van der Waals surface area (Å²) in [5.41, 5.74) is 15.4. The van der Waals surface area contributed by atoms with Gasteiger partial charge in [0, 0.05) is 57.4 Å². The van der Waals surface area contributed by atoms with Crippen LogP contribution in [0.2, 0.25) is 0 Å². The van der Waals surface area contributed by atoms with Crippen molar-refractivity contribution >= 4 is 80.1 Å². The lowest BCUT2D eigenvalue weighted by Gasteiger charge is -2.34. The van der Waals surface area contributed by atoms with Crippen LogP contribution in [-0.2, 0) is 5.41 Å². The second-order valence-electron chi connectivity index (χ2n) is 16.8. The molecule has 1 aliphatic rings. The molecule has 10 aromatic carbocycles. The summed E-state index contributed by atoms with van der Waals surface area (Å²) in [6, 6.07) is 87.9. The van der Waals surface area contributed by atoms with E-state index in [1.807, 2.05) is 22.7 Å². The Balaban J connectivity index is 0.979. The molecule has 13 rings (SSSR count). The molecule has 0 unspecified atom stereocenters. The first-order chi connectivity index (χ1) is 31.7. The van der Waals surface area contributed by atoms with E-state index in [4.69, 9.17) is 0 Å². The van der Waals surface area contributed by atoms with Gasteiger partial charge in [-0.25, -0.2) is 0 Å². The molecule has 0 saturated carbocycles. The summed E-state index contributed by atoms with van der Waals surface area (Å²) in [6.45, 7) is 0. The van der Waals surface area contributed by atoms with Gasteiger partial charge in [-0.2, -0.15) is 0 Å². The molecule has 0 saturated heterocycles. The minimum absolute atomic E-state index is 0.466. The van der Waals surface area contributed by atoms with Crippen LogP contribution in [-0.4, -0.2) is 0 Å². The Bertz CT molecular complexity index is 3540. The smallest absolute Gasteiger partial charge is 0.0713 e. The molecule has 0 bridgehead atoms. The zero-order chi connectivity index (χ0) is 42.2. The average Bonchev–Trinajstić information content (AvgIpc) is 4.03. The Hall–Kier alpha value is -7.56. The molecule has 300 valence electrons. The number of hydrogen-bond donors (Lipinski definition) is 0. The van der Waals surface area contributed by atoms with E-state index in [2.05, 4.69) is 241 Å². The Morgan fingerprint density at radius 2 is 0.719 bits per heavy atom. The van der Waals surface area contributed by atoms with Crippen LogP contribution in [0.15, 0.2) is 237 Å². The standard InChI is InChI=1S/C61H39NS2/c1-2-16-44(17-3-1)61(55-24-8-4-20-49(55)50-21-5-9-25-56(50)61)45-30-32-46(33-31-45)62(47-18-12-14-40(36-47)42-28-34-59-53(38-42)51-22-6-10-26-57(51)63-59)48-19-13-15-41(37-48)43-29-35-60-54(39-43)52-23-7-11-27-58(52)64-60/h1-39H. The van der Waals surface area contributed by atoms with E-state index in [0.717, 1.165) is 17.1 Å². The number of hydrogen-bond acceptors (Lipinski definition) is 3. The maximum atomic E-state index is 2.43. The second-order valence-corrected chi connectivity index (χ2v) is 19.0. The molecule has 64 heavy (non-hydrogen) atoms. The third kappa shape index (κ3) is 5.75. The van der Waals surface area contributed by atoms with Crippen molar-refractivity contribution in [3.63, 3.8) is 0 Å². The molecule has 0 fully saturated rings. The third-order valence-electron chi connectivity index (χ3n) is 13.3. The second kappa shape index (κ2) is 14.8. The summed E-state index contributed by atoms with van der Waals surface area (Å²) in [6.07, 6.45) is 0. The average molecular weight is 850 g/mol. The van der Waals surface area contributed by atoms with Gasteiger partial charge in [0.05, 0.1) is 5.41 Å². The van der Waals surface area contributed by atoms with Gasteiger partial charge in [0.2, 0.25) is 0 Å². The van der Waals surface area contributed by atoms with Gasteiger partial charge in [-0.15, -0.1) is 22.7 Å². The highest BCUT2D eigenvalue weighted by Crippen LogP contribution is 2.56. The lowest BCUT2D eigenvalue weighted by atomic mass is 9.68. The Morgan fingerprint density at radius 1 is 0.281 bits per heavy atom. The van der Waals surface area contributed by atoms with Crippen molar-refractivity contribution in [3.05, 3.63) is 259 Å². The van der Waals surface area contributed by atoms with Gasteiger partial charge in [-0.05, 0) is 128 Å². The first kappa shape index (κ1) is 37.0. The molecule has 0 amide bonds. The van der Waals surface area contributed by atoms with E-state index < -0.39 is 5.41 Å². The van der Waals surface area contributed by atoms with Crippen LogP contribution >= 0.6 is 22.7 Å². The molecule has 0 spiro atoms. The summed E-state index contributed by atoms with van der Waals surface area (Å²) >= 11 is 3.72. The highest BCUT2D eigenvalue weighted by atomic mass is 32.1. The number of nitrogens with zero attached hydrogens (tertiary/aromatic N) is 1. The fourth-order valence-electron chi connectivity index (χ4n) is 10.5. The van der Waals surface area contributed by atoms with Crippen molar-refractivity contribution < 1.29 is 0 Å². The fraction of sp³-hybridized carbons (Fsp3) is 0.0164. The minimum atomic E-state index is -0.466. The number of rotatable bonds is 7. The van der Waals surface area contributed by atoms with Gasteiger partial charge in [0.1, 0.15) is 0 Å². The van der Waals surface area contributed by atoms with Crippen molar-refractivity contribution in [1.29, 1.82) is 0 Å². The SMILES string of the molecule is c1ccc(C2(c3ccc(N(c4cccc(-c5ccc6sc7ccccc7c6c5)c4)c4cccc(-c5ccc6sc7ccccc7c6c5)c4)cc3)c3ccccc3-c3ccccc32)cc1. The fourth-order valence-corrected chi connectivity index (χ4v) is 12.7. The van der Waals surface area contributed by atoms with Crippen LogP contribution in [0, 0.1) is 0 Å². The monoisotopic (exact) mass is 849 g/mol. The number of anilines is 3. The largest absolute Gasteiger partial charge is 0.310 e. The van der Waals surface area contributed by atoms with Gasteiger partial charge < -0.3 is 4.90 Å². The van der Waals surface area contributed by atoms with Crippen molar-refractivity contribution in [1.82, 2.24) is 0 Å². The molecule has 1 nitrogen and oxygen atoms in total. The normalized spacial score (nSPS) is 12.8. The van der Waals surface area contributed by atoms with E-state index in [1.165, 1.54) is 96.0 Å². The maximum absolute atomic E-state index is 2.43. The van der Waals surface area contributed by atoms with Crippen molar-refractivity contribution in [2.75, 3.05) is 4.90 Å². The number of benzene rings is 10. The van der Waals surface area contributed by atoms with Crippen molar-refractivity contribution in [3.8, 4) is 33.4 Å². The first-order valence-corrected chi connectivity index (χ1v) is 23.5. The van der Waals surface area contributed by atoms with Gasteiger partial charge >= 0.3 is 0 Å². The topological polar surface area (TPSA) is 3.24 Å². The Morgan fingerprint density at radius 3 is 1.27 bits per heavy atom. The molecule has 0 N–H and O–H groups in total. The predicted molar refractivity (Wildman–Crippen MR) is 275 cm³/mol. The molecular formula is C61H39NS2. The van der Waals surface area contributed by atoms with Gasteiger partial charge in [0.15, 0.2) is 0 Å². The zero-order valence-electron chi connectivity index (χ0n) is 34.8. The van der Waals surface area contributed by atoms with Crippen LogP contribution in [0.25, 0.3) is 73.7 Å². The number of fused-ring (bicyclic) bond motifs is 9. The molecule has 0 atom stereocenters. The quantitative estimate of drug-likeness (QED) is 0.154. The van der Waals surface area contributed by atoms with E-state index in [1.54, 1.807) is 0 Å². The Kier molecular flexibility index (Phi) is 8.55.